The van der Waals surface area contributed by atoms with Crippen molar-refractivity contribution in [2.24, 2.45) is 5.92 Å². The quantitative estimate of drug-likeness (QED) is 0.853. The summed E-state index contributed by atoms with van der Waals surface area (Å²) in [4.78, 5) is 12.2. The average molecular weight is 299 g/mol. The number of rotatable bonds is 4. The predicted molar refractivity (Wildman–Crippen MR) is 85.3 cm³/mol. The number of benzene rings is 1. The Balaban J connectivity index is 1.67. The number of hydrogen-bond acceptors (Lipinski definition) is 3. The van der Waals surface area contributed by atoms with Crippen LogP contribution in [0.4, 0.5) is 0 Å². The molecule has 0 radical (unpaired) electrons. The zero-order valence-corrected chi connectivity index (χ0v) is 12.7. The van der Waals surface area contributed by atoms with Crippen LogP contribution in [0.3, 0.4) is 0 Å². The Morgan fingerprint density at radius 1 is 1.41 bits per heavy atom. The molecule has 116 valence electrons. The minimum Gasteiger partial charge on any atom is -0.458 e. The number of para-hydroxylation sites is 1. The van der Waals surface area contributed by atoms with Gasteiger partial charge in [-0.3, -0.25) is 4.79 Å². The summed E-state index contributed by atoms with van der Waals surface area (Å²) in [7, 11) is 0. The van der Waals surface area contributed by atoms with Gasteiger partial charge in [0.15, 0.2) is 0 Å². The zero-order valence-electron chi connectivity index (χ0n) is 12.7. The second-order valence-electron chi connectivity index (χ2n) is 6.12. The Morgan fingerprint density at radius 3 is 2.95 bits per heavy atom. The van der Waals surface area contributed by atoms with Crippen LogP contribution in [0.5, 0.6) is 0 Å². The maximum Gasteiger partial charge on any atom is 0.223 e. The monoisotopic (exact) mass is 299 g/mol. The lowest BCUT2D eigenvalue weighted by Gasteiger charge is -2.23. The van der Waals surface area contributed by atoms with Crippen LogP contribution in [0.1, 0.15) is 31.9 Å². The number of furan rings is 1. The fourth-order valence-corrected chi connectivity index (χ4v) is 2.77. The molecule has 1 aliphatic carbocycles. The highest BCUT2D eigenvalue weighted by molar-refractivity contribution is 5.79. The van der Waals surface area contributed by atoms with Gasteiger partial charge in [-0.1, -0.05) is 30.4 Å². The van der Waals surface area contributed by atoms with Crippen LogP contribution in [0, 0.1) is 5.92 Å². The smallest absolute Gasteiger partial charge is 0.223 e. The predicted octanol–water partition coefficient (Wildman–Crippen LogP) is 3.11. The number of amides is 1. The van der Waals surface area contributed by atoms with Crippen molar-refractivity contribution < 1.29 is 14.3 Å². The molecule has 1 aromatic carbocycles. The average Bonchev–Trinajstić information content (AvgIpc) is 2.98. The van der Waals surface area contributed by atoms with Gasteiger partial charge in [-0.2, -0.15) is 0 Å². The van der Waals surface area contributed by atoms with E-state index in [2.05, 4.69) is 11.4 Å². The maximum atomic E-state index is 12.2. The van der Waals surface area contributed by atoms with Crippen molar-refractivity contribution in [2.45, 2.75) is 31.8 Å². The van der Waals surface area contributed by atoms with Gasteiger partial charge in [0.2, 0.25) is 5.91 Å². The SMILES string of the molecule is C[C@](O)(CNC(=O)[C@@H]1CC=CCC1)c1cc2ccccc2o1. The van der Waals surface area contributed by atoms with Gasteiger partial charge in [0.05, 0.1) is 6.54 Å². The first-order valence-corrected chi connectivity index (χ1v) is 7.70. The van der Waals surface area contributed by atoms with E-state index in [1.807, 2.05) is 36.4 Å². The lowest BCUT2D eigenvalue weighted by Crippen LogP contribution is -2.41. The fraction of sp³-hybridized carbons (Fsp3) is 0.389. The molecule has 2 atom stereocenters. The molecule has 0 bridgehead atoms. The van der Waals surface area contributed by atoms with Gasteiger partial charge in [-0.05, 0) is 38.3 Å². The normalized spacial score (nSPS) is 20.7. The second-order valence-corrected chi connectivity index (χ2v) is 6.12. The third-order valence-corrected chi connectivity index (χ3v) is 4.20. The van der Waals surface area contributed by atoms with E-state index in [1.165, 1.54) is 0 Å². The van der Waals surface area contributed by atoms with Gasteiger partial charge in [0.1, 0.15) is 16.9 Å². The van der Waals surface area contributed by atoms with Crippen molar-refractivity contribution in [1.82, 2.24) is 5.32 Å². The van der Waals surface area contributed by atoms with Crippen molar-refractivity contribution in [3.8, 4) is 0 Å². The molecule has 4 nitrogen and oxygen atoms in total. The molecule has 1 heterocycles. The lowest BCUT2D eigenvalue weighted by atomic mass is 9.93. The number of nitrogens with one attached hydrogen (secondary N) is 1. The van der Waals surface area contributed by atoms with Crippen molar-refractivity contribution in [3.63, 3.8) is 0 Å². The van der Waals surface area contributed by atoms with Crippen LogP contribution in [-0.4, -0.2) is 17.6 Å². The molecule has 1 aromatic heterocycles. The summed E-state index contributed by atoms with van der Waals surface area (Å²) in [6.45, 7) is 1.80. The number of fused-ring (bicyclic) bond motifs is 1. The van der Waals surface area contributed by atoms with Crippen molar-refractivity contribution >= 4 is 16.9 Å². The van der Waals surface area contributed by atoms with Crippen LogP contribution in [0.15, 0.2) is 46.9 Å². The highest BCUT2D eigenvalue weighted by atomic mass is 16.4. The largest absolute Gasteiger partial charge is 0.458 e. The van der Waals surface area contributed by atoms with Gasteiger partial charge in [0.25, 0.3) is 0 Å². The van der Waals surface area contributed by atoms with E-state index in [9.17, 15) is 9.90 Å². The molecule has 0 unspecified atom stereocenters. The van der Waals surface area contributed by atoms with E-state index >= 15 is 0 Å². The van der Waals surface area contributed by atoms with Crippen LogP contribution >= 0.6 is 0 Å². The molecule has 3 rings (SSSR count). The Hall–Kier alpha value is -2.07. The summed E-state index contributed by atoms with van der Waals surface area (Å²) >= 11 is 0. The Morgan fingerprint density at radius 2 is 2.23 bits per heavy atom. The summed E-state index contributed by atoms with van der Waals surface area (Å²) in [5, 5.41) is 14.4. The Labute approximate surface area is 129 Å². The van der Waals surface area contributed by atoms with Gasteiger partial charge < -0.3 is 14.8 Å². The number of carbonyl (C=O) groups is 1. The molecule has 0 fully saturated rings. The van der Waals surface area contributed by atoms with E-state index in [0.717, 1.165) is 30.2 Å². The van der Waals surface area contributed by atoms with E-state index in [4.69, 9.17) is 4.42 Å². The molecule has 2 N–H and O–H groups in total. The van der Waals surface area contributed by atoms with Crippen molar-refractivity contribution in [3.05, 3.63) is 48.2 Å². The molecule has 0 aliphatic heterocycles. The first kappa shape index (κ1) is 14.9. The minimum atomic E-state index is -1.22. The van der Waals surface area contributed by atoms with Crippen molar-refractivity contribution in [1.29, 1.82) is 0 Å². The standard InChI is InChI=1S/C18H21NO3/c1-18(21,12-19-17(20)13-7-3-2-4-8-13)16-11-14-9-5-6-10-15(14)22-16/h2-3,5-6,9-11,13,21H,4,7-8,12H2,1H3,(H,19,20)/t13-,18+/m1/s1. The molecule has 4 heteroatoms. The molecule has 0 spiro atoms. The summed E-state index contributed by atoms with van der Waals surface area (Å²) in [6.07, 6.45) is 6.74. The summed E-state index contributed by atoms with van der Waals surface area (Å²) in [6, 6.07) is 9.44. The van der Waals surface area contributed by atoms with Gasteiger partial charge in [0, 0.05) is 11.3 Å². The summed E-state index contributed by atoms with van der Waals surface area (Å²) in [5.74, 6) is 0.481. The minimum absolute atomic E-state index is 0.000682. The summed E-state index contributed by atoms with van der Waals surface area (Å²) < 4.78 is 5.70. The molecular formula is C18H21NO3. The lowest BCUT2D eigenvalue weighted by molar-refractivity contribution is -0.126. The van der Waals surface area contributed by atoms with Crippen LogP contribution in [0.25, 0.3) is 11.0 Å². The highest BCUT2D eigenvalue weighted by Crippen LogP contribution is 2.27. The van der Waals surface area contributed by atoms with Crippen LogP contribution in [0.2, 0.25) is 0 Å². The maximum absolute atomic E-state index is 12.2. The Bertz CT molecular complexity index is 666. The molecule has 1 amide bonds. The number of hydrogen-bond donors (Lipinski definition) is 2. The summed E-state index contributed by atoms with van der Waals surface area (Å²) in [5.41, 5.74) is -0.486. The number of allylic oxidation sites excluding steroid dienone is 2. The van der Waals surface area contributed by atoms with Crippen molar-refractivity contribution in [2.75, 3.05) is 6.54 Å². The Kier molecular flexibility index (Phi) is 4.03. The van der Waals surface area contributed by atoms with E-state index < -0.39 is 5.60 Å². The third-order valence-electron chi connectivity index (χ3n) is 4.20. The molecule has 1 aliphatic rings. The number of aliphatic hydroxyl groups is 1. The first-order valence-electron chi connectivity index (χ1n) is 7.70. The molecular weight excluding hydrogens is 278 g/mol. The van der Waals surface area contributed by atoms with Crippen LogP contribution < -0.4 is 5.32 Å². The van der Waals surface area contributed by atoms with Crippen LogP contribution in [-0.2, 0) is 10.4 Å². The number of carbonyl (C=O) groups excluding carboxylic acids is 1. The fourth-order valence-electron chi connectivity index (χ4n) is 2.77. The van der Waals surface area contributed by atoms with E-state index in [-0.39, 0.29) is 18.4 Å². The third kappa shape index (κ3) is 3.07. The molecule has 0 saturated carbocycles. The molecule has 22 heavy (non-hydrogen) atoms. The topological polar surface area (TPSA) is 62.5 Å². The first-order chi connectivity index (χ1) is 10.6. The second kappa shape index (κ2) is 5.97. The van der Waals surface area contributed by atoms with Gasteiger partial charge in [-0.25, -0.2) is 0 Å². The van der Waals surface area contributed by atoms with E-state index in [1.54, 1.807) is 6.92 Å². The highest BCUT2D eigenvalue weighted by Gasteiger charge is 2.29. The molecule has 0 saturated heterocycles. The van der Waals surface area contributed by atoms with Gasteiger partial charge >= 0.3 is 0 Å². The zero-order chi connectivity index (χ0) is 15.6. The van der Waals surface area contributed by atoms with E-state index in [0.29, 0.717) is 5.76 Å². The molecule has 2 aromatic rings. The van der Waals surface area contributed by atoms with Gasteiger partial charge in [-0.15, -0.1) is 0 Å².